The molecule has 0 radical (unpaired) electrons. The van der Waals surface area contributed by atoms with Gasteiger partial charge in [0.1, 0.15) is 11.1 Å². The molecule has 9 nitrogen and oxygen atoms in total. The first-order chi connectivity index (χ1) is 14.7. The summed E-state index contributed by atoms with van der Waals surface area (Å²) >= 11 is 2.71. The summed E-state index contributed by atoms with van der Waals surface area (Å²) in [5.74, 6) is 6.30. The largest absolute Gasteiger partial charge is 0.334 e. The van der Waals surface area contributed by atoms with Crippen LogP contribution in [0, 0.1) is 11.3 Å². The first kappa shape index (κ1) is 20.7. The Morgan fingerprint density at radius 3 is 2.77 bits per heavy atom. The smallest absolute Gasteiger partial charge is 0.264 e. The molecule has 158 valence electrons. The number of nitrogens with zero attached hydrogens (tertiary/aromatic N) is 5. The van der Waals surface area contributed by atoms with E-state index in [9.17, 15) is 10.1 Å². The van der Waals surface area contributed by atoms with E-state index in [4.69, 9.17) is 5.84 Å². The van der Waals surface area contributed by atoms with E-state index in [1.807, 2.05) is 0 Å². The summed E-state index contributed by atoms with van der Waals surface area (Å²) in [4.78, 5) is 13.7. The number of nitriles is 1. The number of amides is 1. The van der Waals surface area contributed by atoms with Crippen LogP contribution < -0.4 is 16.6 Å². The number of thiophene rings is 1. The zero-order valence-electron chi connectivity index (χ0n) is 16.6. The van der Waals surface area contributed by atoms with Crippen LogP contribution >= 0.6 is 23.1 Å². The standard InChI is InChI=1S/C19H24N8OS2/c20-10-14-13-8-4-5-9-15(13)30-17(14)22-16(28)11-29-19-26-25-18(27(19)21)24-23-12-6-2-1-3-7-12/h1-9,11,21H2,(H,22,28)(H,24,25). The lowest BCUT2D eigenvalue weighted by molar-refractivity contribution is -0.113. The van der Waals surface area contributed by atoms with Crippen molar-refractivity contribution >= 4 is 45.7 Å². The van der Waals surface area contributed by atoms with Crippen LogP contribution in [-0.4, -0.2) is 32.2 Å². The normalized spacial score (nSPS) is 15.9. The number of thioether (sulfide) groups is 1. The number of aryl methyl sites for hydroxylation is 1. The van der Waals surface area contributed by atoms with E-state index in [1.165, 1.54) is 39.1 Å². The molecule has 30 heavy (non-hydrogen) atoms. The van der Waals surface area contributed by atoms with Gasteiger partial charge in [0.15, 0.2) is 0 Å². The number of nitrogen functional groups attached to an aromatic ring is 1. The molecule has 2 aromatic rings. The highest BCUT2D eigenvalue weighted by molar-refractivity contribution is 7.99. The van der Waals surface area contributed by atoms with Gasteiger partial charge in [-0.1, -0.05) is 18.2 Å². The molecule has 0 bridgehead atoms. The Morgan fingerprint density at radius 1 is 1.20 bits per heavy atom. The zero-order valence-corrected chi connectivity index (χ0v) is 18.2. The lowest BCUT2D eigenvalue weighted by Crippen LogP contribution is -2.17. The number of hydrogen-bond donors (Lipinski definition) is 3. The second kappa shape index (κ2) is 9.49. The number of carbonyl (C=O) groups excluding carboxylic acids is 1. The van der Waals surface area contributed by atoms with Crippen molar-refractivity contribution in [2.75, 3.05) is 22.3 Å². The number of hydrogen-bond acceptors (Lipinski definition) is 9. The Kier molecular flexibility index (Phi) is 6.54. The molecule has 4 rings (SSSR count). The van der Waals surface area contributed by atoms with E-state index in [2.05, 4.69) is 32.1 Å². The van der Waals surface area contributed by atoms with Crippen LogP contribution in [0.15, 0.2) is 10.3 Å². The Morgan fingerprint density at radius 2 is 1.97 bits per heavy atom. The second-order valence-electron chi connectivity index (χ2n) is 7.39. The quantitative estimate of drug-likeness (QED) is 0.354. The summed E-state index contributed by atoms with van der Waals surface area (Å²) in [6, 6.07) is 2.26. The van der Waals surface area contributed by atoms with Crippen LogP contribution in [0.2, 0.25) is 0 Å². The molecule has 0 aliphatic heterocycles. The van der Waals surface area contributed by atoms with Gasteiger partial charge >= 0.3 is 0 Å². The van der Waals surface area contributed by atoms with Crippen LogP contribution in [0.5, 0.6) is 0 Å². The van der Waals surface area contributed by atoms with E-state index in [1.54, 1.807) is 0 Å². The molecule has 1 saturated carbocycles. The first-order valence-electron chi connectivity index (χ1n) is 10.1. The molecule has 11 heteroatoms. The second-order valence-corrected chi connectivity index (χ2v) is 9.44. The van der Waals surface area contributed by atoms with Gasteiger partial charge in [0.05, 0.1) is 11.3 Å². The van der Waals surface area contributed by atoms with Gasteiger partial charge in [-0.15, -0.1) is 21.5 Å². The highest BCUT2D eigenvalue weighted by Crippen LogP contribution is 2.37. The molecule has 2 heterocycles. The minimum atomic E-state index is -0.199. The van der Waals surface area contributed by atoms with E-state index in [-0.39, 0.29) is 11.7 Å². The maximum Gasteiger partial charge on any atom is 0.264 e. The minimum absolute atomic E-state index is 0.122. The van der Waals surface area contributed by atoms with Crippen molar-refractivity contribution in [3.8, 4) is 6.07 Å². The number of rotatable bonds is 6. The average Bonchev–Trinajstić information content (AvgIpc) is 3.30. The lowest BCUT2D eigenvalue weighted by Gasteiger charge is -2.12. The molecular formula is C19H24N8OS2. The molecule has 1 amide bonds. The average molecular weight is 445 g/mol. The number of aromatic nitrogens is 3. The fourth-order valence-corrected chi connectivity index (χ4v) is 5.63. The minimum Gasteiger partial charge on any atom is -0.334 e. The molecule has 4 N–H and O–H groups in total. The van der Waals surface area contributed by atoms with Crippen molar-refractivity contribution in [3.05, 3.63) is 16.0 Å². The molecule has 0 unspecified atom stereocenters. The van der Waals surface area contributed by atoms with Crippen LogP contribution in [0.1, 0.15) is 60.9 Å². The fourth-order valence-electron chi connectivity index (χ4n) is 3.72. The van der Waals surface area contributed by atoms with Crippen LogP contribution in [0.3, 0.4) is 0 Å². The third-order valence-electron chi connectivity index (χ3n) is 5.28. The molecular weight excluding hydrogens is 420 g/mol. The third kappa shape index (κ3) is 4.60. The molecule has 0 spiro atoms. The molecule has 0 aromatic carbocycles. The van der Waals surface area contributed by atoms with E-state index in [0.717, 1.165) is 62.6 Å². The van der Waals surface area contributed by atoms with Crippen molar-refractivity contribution in [2.45, 2.75) is 62.9 Å². The number of anilines is 2. The number of nitrogens with one attached hydrogen (secondary N) is 2. The SMILES string of the molecule is N#Cc1c(NC(=O)CSc2nnc(NN=C3CCCCC3)n2N)sc2c1CCCC2. The van der Waals surface area contributed by atoms with Gasteiger partial charge in [-0.2, -0.15) is 10.4 Å². The number of carbonyl (C=O) groups is 1. The van der Waals surface area contributed by atoms with Gasteiger partial charge in [-0.3, -0.25) is 4.79 Å². The Labute approximate surface area is 183 Å². The van der Waals surface area contributed by atoms with Crippen molar-refractivity contribution in [1.29, 1.82) is 5.26 Å². The van der Waals surface area contributed by atoms with E-state index in [0.29, 0.717) is 21.7 Å². The van der Waals surface area contributed by atoms with Gasteiger partial charge in [0.2, 0.25) is 11.1 Å². The molecule has 2 aliphatic carbocycles. The maximum atomic E-state index is 12.4. The Balaban J connectivity index is 1.34. The summed E-state index contributed by atoms with van der Waals surface area (Å²) in [7, 11) is 0. The topological polar surface area (TPSA) is 134 Å². The summed E-state index contributed by atoms with van der Waals surface area (Å²) in [6.45, 7) is 0. The van der Waals surface area contributed by atoms with E-state index >= 15 is 0 Å². The Bertz CT molecular complexity index is 995. The van der Waals surface area contributed by atoms with Crippen LogP contribution in [-0.2, 0) is 17.6 Å². The zero-order chi connectivity index (χ0) is 20.9. The van der Waals surface area contributed by atoms with Crippen molar-refractivity contribution in [2.24, 2.45) is 5.10 Å². The monoisotopic (exact) mass is 444 g/mol. The van der Waals surface area contributed by atoms with E-state index < -0.39 is 0 Å². The first-order valence-corrected chi connectivity index (χ1v) is 11.9. The van der Waals surface area contributed by atoms with Crippen molar-refractivity contribution < 1.29 is 4.79 Å². The molecule has 1 fully saturated rings. The summed E-state index contributed by atoms with van der Waals surface area (Å²) in [5.41, 5.74) is 5.71. The van der Waals surface area contributed by atoms with Gasteiger partial charge in [-0.05, 0) is 56.9 Å². The van der Waals surface area contributed by atoms with Gasteiger partial charge < -0.3 is 11.2 Å². The summed E-state index contributed by atoms with van der Waals surface area (Å²) in [6.07, 6.45) is 9.67. The molecule has 2 aliphatic rings. The molecule has 0 saturated heterocycles. The molecule has 2 aromatic heterocycles. The van der Waals surface area contributed by atoms with Crippen LogP contribution in [0.4, 0.5) is 10.9 Å². The van der Waals surface area contributed by atoms with Crippen molar-refractivity contribution in [1.82, 2.24) is 14.9 Å². The highest BCUT2D eigenvalue weighted by Gasteiger charge is 2.22. The number of nitrogens with two attached hydrogens (primary N) is 1. The predicted molar refractivity (Wildman–Crippen MR) is 119 cm³/mol. The lowest BCUT2D eigenvalue weighted by atomic mass is 9.96. The maximum absolute atomic E-state index is 12.4. The summed E-state index contributed by atoms with van der Waals surface area (Å²) in [5, 5.41) is 25.9. The third-order valence-corrected chi connectivity index (χ3v) is 7.43. The highest BCUT2D eigenvalue weighted by atomic mass is 32.2. The fraction of sp³-hybridized carbons (Fsp3) is 0.526. The number of hydrazone groups is 1. The summed E-state index contributed by atoms with van der Waals surface area (Å²) < 4.78 is 1.30. The Hall–Kier alpha value is -2.58. The van der Waals surface area contributed by atoms with Crippen LogP contribution in [0.25, 0.3) is 0 Å². The predicted octanol–water partition coefficient (Wildman–Crippen LogP) is 3.27. The van der Waals surface area contributed by atoms with Gasteiger partial charge in [-0.25, -0.2) is 10.1 Å². The van der Waals surface area contributed by atoms with Crippen molar-refractivity contribution in [3.63, 3.8) is 0 Å². The number of fused-ring (bicyclic) bond motifs is 1. The van der Waals surface area contributed by atoms with Gasteiger partial charge in [0.25, 0.3) is 5.95 Å². The molecule has 0 atom stereocenters. The van der Waals surface area contributed by atoms with Gasteiger partial charge in [0, 0.05) is 10.6 Å².